The Morgan fingerprint density at radius 2 is 1.43 bits per heavy atom. The van der Waals surface area contributed by atoms with Crippen molar-refractivity contribution in [2.75, 3.05) is 6.61 Å². The topological polar surface area (TPSA) is 134 Å². The normalized spacial score (nSPS) is 13.6. The second-order valence-corrected chi connectivity index (χ2v) is 12.6. The number of carbonyl (C=O) groups excluding carboxylic acids is 4. The zero-order valence-electron chi connectivity index (χ0n) is 26.8. The summed E-state index contributed by atoms with van der Waals surface area (Å²) in [5.41, 5.74) is -0.222. The van der Waals surface area contributed by atoms with Gasteiger partial charge in [-0.3, -0.25) is 9.59 Å². The van der Waals surface area contributed by atoms with Gasteiger partial charge >= 0.3 is 12.1 Å². The lowest BCUT2D eigenvalue weighted by Gasteiger charge is -2.37. The number of aliphatic hydroxyl groups excluding tert-OH is 1. The summed E-state index contributed by atoms with van der Waals surface area (Å²) in [4.78, 5) is 55.4. The van der Waals surface area contributed by atoms with Gasteiger partial charge in [-0.05, 0) is 72.6 Å². The van der Waals surface area contributed by atoms with Crippen molar-refractivity contribution >= 4 is 23.9 Å². The maximum absolute atomic E-state index is 14.3. The van der Waals surface area contributed by atoms with Crippen molar-refractivity contribution < 1.29 is 33.8 Å². The number of esters is 1. The van der Waals surface area contributed by atoms with Gasteiger partial charge in [-0.2, -0.15) is 0 Å². The molecule has 0 aliphatic carbocycles. The van der Waals surface area contributed by atoms with Gasteiger partial charge in [-0.15, -0.1) is 6.42 Å². The first-order chi connectivity index (χ1) is 20.5. The summed E-state index contributed by atoms with van der Waals surface area (Å²) < 4.78 is 10.9. The highest BCUT2D eigenvalue weighted by molar-refractivity contribution is 5.94. The van der Waals surface area contributed by atoms with Crippen molar-refractivity contribution in [1.29, 1.82) is 0 Å². The standard InChI is InChI=1S/C34H45N3O7/c1-10-24-18-14-15-19-25(24)28(37(22(2)3)30(40)27(21-38)36-32(42)44-34(7,8)9)29(39)35-26(31(41)43-33(4,5)6)20-23-16-12-11-13-17-23/h1,11-19,22,26-28,38H,20-21H2,2-9H3,(H,35,39)(H,36,42). The molecular formula is C34H45N3O7. The number of hydrogen-bond donors (Lipinski definition) is 3. The van der Waals surface area contributed by atoms with Gasteiger partial charge in [0.05, 0.1) is 6.61 Å². The molecule has 0 fully saturated rings. The van der Waals surface area contributed by atoms with Gasteiger partial charge in [0.15, 0.2) is 0 Å². The van der Waals surface area contributed by atoms with Crippen molar-refractivity contribution in [3.05, 3.63) is 71.3 Å². The molecule has 3 amide bonds. The van der Waals surface area contributed by atoms with E-state index in [9.17, 15) is 24.3 Å². The van der Waals surface area contributed by atoms with E-state index in [2.05, 4.69) is 16.6 Å². The molecule has 0 saturated heterocycles. The fourth-order valence-corrected chi connectivity index (χ4v) is 4.45. The van der Waals surface area contributed by atoms with E-state index in [1.807, 2.05) is 30.3 Å². The van der Waals surface area contributed by atoms with Gasteiger partial charge in [0, 0.05) is 18.0 Å². The van der Waals surface area contributed by atoms with Crippen LogP contribution < -0.4 is 10.6 Å². The molecule has 238 valence electrons. The summed E-state index contributed by atoms with van der Waals surface area (Å²) in [6.07, 6.45) is 5.01. The van der Waals surface area contributed by atoms with Gasteiger partial charge in [-0.25, -0.2) is 9.59 Å². The maximum Gasteiger partial charge on any atom is 0.408 e. The summed E-state index contributed by atoms with van der Waals surface area (Å²) in [5.74, 6) is 0.460. The Morgan fingerprint density at radius 1 is 0.864 bits per heavy atom. The van der Waals surface area contributed by atoms with Crippen LogP contribution in [0.2, 0.25) is 0 Å². The van der Waals surface area contributed by atoms with E-state index < -0.39 is 65.9 Å². The lowest BCUT2D eigenvalue weighted by Crippen LogP contribution is -2.57. The number of hydrogen-bond acceptors (Lipinski definition) is 7. The van der Waals surface area contributed by atoms with E-state index in [1.54, 1.807) is 79.7 Å². The Balaban J connectivity index is 2.60. The Hall–Kier alpha value is -4.36. The van der Waals surface area contributed by atoms with Crippen LogP contribution in [-0.2, 0) is 30.3 Å². The quantitative estimate of drug-likeness (QED) is 0.261. The first kappa shape index (κ1) is 35.8. The van der Waals surface area contributed by atoms with Crippen molar-refractivity contribution in [1.82, 2.24) is 15.5 Å². The molecule has 2 aromatic carbocycles. The summed E-state index contributed by atoms with van der Waals surface area (Å²) in [5, 5.41) is 15.4. The van der Waals surface area contributed by atoms with E-state index in [-0.39, 0.29) is 6.42 Å². The van der Waals surface area contributed by atoms with Crippen LogP contribution in [0.1, 0.15) is 78.1 Å². The van der Waals surface area contributed by atoms with E-state index in [0.29, 0.717) is 11.1 Å². The van der Waals surface area contributed by atoms with Crippen LogP contribution in [0.5, 0.6) is 0 Å². The fraction of sp³-hybridized carbons (Fsp3) is 0.471. The largest absolute Gasteiger partial charge is 0.458 e. The highest BCUT2D eigenvalue weighted by Crippen LogP contribution is 2.28. The molecule has 0 aliphatic heterocycles. The molecule has 2 aromatic rings. The average molecular weight is 608 g/mol. The zero-order chi connectivity index (χ0) is 33.2. The predicted octanol–water partition coefficient (Wildman–Crippen LogP) is 3.90. The van der Waals surface area contributed by atoms with Gasteiger partial charge in [0.25, 0.3) is 0 Å². The van der Waals surface area contributed by atoms with Gasteiger partial charge in [-0.1, -0.05) is 54.5 Å². The number of terminal acetylenes is 1. The molecule has 10 nitrogen and oxygen atoms in total. The Kier molecular flexibility index (Phi) is 12.5. The first-order valence-electron chi connectivity index (χ1n) is 14.5. The van der Waals surface area contributed by atoms with Crippen LogP contribution in [0, 0.1) is 12.3 Å². The first-order valence-corrected chi connectivity index (χ1v) is 14.5. The summed E-state index contributed by atoms with van der Waals surface area (Å²) in [6.45, 7) is 12.8. The minimum Gasteiger partial charge on any atom is -0.458 e. The van der Waals surface area contributed by atoms with E-state index in [1.165, 1.54) is 4.90 Å². The van der Waals surface area contributed by atoms with E-state index in [0.717, 1.165) is 5.56 Å². The third-order valence-electron chi connectivity index (χ3n) is 6.21. The fourth-order valence-electron chi connectivity index (χ4n) is 4.45. The Bertz CT molecular complexity index is 1340. The van der Waals surface area contributed by atoms with Crippen LogP contribution >= 0.6 is 0 Å². The second-order valence-electron chi connectivity index (χ2n) is 12.6. The number of aliphatic hydroxyl groups is 1. The van der Waals surface area contributed by atoms with Gasteiger partial charge in [0.2, 0.25) is 11.8 Å². The highest BCUT2D eigenvalue weighted by Gasteiger charge is 2.40. The molecular weight excluding hydrogens is 562 g/mol. The highest BCUT2D eigenvalue weighted by atomic mass is 16.6. The summed E-state index contributed by atoms with van der Waals surface area (Å²) in [7, 11) is 0. The van der Waals surface area contributed by atoms with Crippen molar-refractivity contribution in [2.45, 2.75) is 97.2 Å². The number of nitrogens with one attached hydrogen (secondary N) is 2. The number of alkyl carbamates (subject to hydrolysis) is 1. The summed E-state index contributed by atoms with van der Waals surface area (Å²) >= 11 is 0. The minimum absolute atomic E-state index is 0.125. The molecule has 0 aromatic heterocycles. The molecule has 44 heavy (non-hydrogen) atoms. The van der Waals surface area contributed by atoms with Crippen molar-refractivity contribution in [2.24, 2.45) is 0 Å². The predicted molar refractivity (Wildman–Crippen MR) is 167 cm³/mol. The molecule has 0 spiro atoms. The Labute approximate surface area is 260 Å². The monoisotopic (exact) mass is 607 g/mol. The number of ether oxygens (including phenoxy) is 2. The molecule has 3 atom stereocenters. The van der Waals surface area contributed by atoms with Crippen molar-refractivity contribution in [3.8, 4) is 12.3 Å². The smallest absolute Gasteiger partial charge is 0.408 e. The third-order valence-corrected chi connectivity index (χ3v) is 6.21. The lowest BCUT2D eigenvalue weighted by atomic mass is 9.95. The summed E-state index contributed by atoms with van der Waals surface area (Å²) in [6, 6.07) is 11.3. The molecule has 0 saturated carbocycles. The molecule has 0 radical (unpaired) electrons. The minimum atomic E-state index is -1.44. The van der Waals surface area contributed by atoms with Crippen molar-refractivity contribution in [3.63, 3.8) is 0 Å². The van der Waals surface area contributed by atoms with E-state index >= 15 is 0 Å². The zero-order valence-corrected chi connectivity index (χ0v) is 26.8. The second kappa shape index (κ2) is 15.4. The average Bonchev–Trinajstić information content (AvgIpc) is 2.92. The molecule has 2 rings (SSSR count). The lowest BCUT2D eigenvalue weighted by molar-refractivity contribution is -0.159. The molecule has 0 heterocycles. The van der Waals surface area contributed by atoms with Gasteiger partial charge in [0.1, 0.15) is 29.3 Å². The SMILES string of the molecule is C#Cc1ccccc1C(C(=O)NC(Cc1ccccc1)C(=O)OC(C)(C)C)N(C(=O)C(CO)NC(=O)OC(C)(C)C)C(C)C. The maximum atomic E-state index is 14.3. The molecule has 0 aliphatic rings. The number of nitrogens with zero attached hydrogens (tertiary/aromatic N) is 1. The molecule has 3 N–H and O–H groups in total. The van der Waals surface area contributed by atoms with Crippen LogP contribution in [0.4, 0.5) is 4.79 Å². The number of rotatable bonds is 11. The molecule has 10 heteroatoms. The van der Waals surface area contributed by atoms with Crippen LogP contribution in [0.15, 0.2) is 54.6 Å². The van der Waals surface area contributed by atoms with Crippen LogP contribution in [0.25, 0.3) is 0 Å². The van der Waals surface area contributed by atoms with Gasteiger partial charge < -0.3 is 30.1 Å². The number of amides is 3. The third kappa shape index (κ3) is 10.7. The molecule has 3 unspecified atom stereocenters. The number of benzene rings is 2. The number of carbonyl (C=O) groups is 4. The van der Waals surface area contributed by atoms with Crippen LogP contribution in [0.3, 0.4) is 0 Å². The van der Waals surface area contributed by atoms with E-state index in [4.69, 9.17) is 15.9 Å². The van der Waals surface area contributed by atoms with Crippen LogP contribution in [-0.4, -0.2) is 69.8 Å². The Morgan fingerprint density at radius 3 is 1.95 bits per heavy atom. The molecule has 0 bridgehead atoms.